The number of nitriles is 1. The standard InChI is InChI=1S/C16H14N2O2S2/c1-21-16(18-13-8-4-2-5-9-13)15(12-17)22(19,20)14-10-6-3-7-11-14/h2-11,18H,1H3. The van der Waals surface area contributed by atoms with Gasteiger partial charge in [0.25, 0.3) is 0 Å². The summed E-state index contributed by atoms with van der Waals surface area (Å²) in [7, 11) is -3.85. The molecule has 2 aromatic carbocycles. The first kappa shape index (κ1) is 16.1. The summed E-state index contributed by atoms with van der Waals surface area (Å²) >= 11 is 1.19. The molecule has 0 fully saturated rings. The molecule has 1 N–H and O–H groups in total. The molecule has 0 amide bonds. The van der Waals surface area contributed by atoms with Crippen LogP contribution in [0.4, 0.5) is 5.69 Å². The summed E-state index contributed by atoms with van der Waals surface area (Å²) in [6.45, 7) is 0. The Labute approximate surface area is 134 Å². The molecule has 22 heavy (non-hydrogen) atoms. The summed E-state index contributed by atoms with van der Waals surface area (Å²) < 4.78 is 25.2. The van der Waals surface area contributed by atoms with Gasteiger partial charge in [0.05, 0.1) is 4.90 Å². The maximum Gasteiger partial charge on any atom is 0.219 e. The Balaban J connectivity index is 2.50. The highest BCUT2D eigenvalue weighted by atomic mass is 32.2. The first-order valence-electron chi connectivity index (χ1n) is 6.40. The van der Waals surface area contributed by atoms with Crippen LogP contribution in [0.2, 0.25) is 0 Å². The second kappa shape index (κ2) is 7.16. The van der Waals surface area contributed by atoms with Gasteiger partial charge in [-0.15, -0.1) is 11.8 Å². The summed E-state index contributed by atoms with van der Waals surface area (Å²) in [5.74, 6) is 0. The van der Waals surface area contributed by atoms with E-state index in [0.29, 0.717) is 5.03 Å². The fraction of sp³-hybridized carbons (Fsp3) is 0.0625. The monoisotopic (exact) mass is 330 g/mol. The van der Waals surface area contributed by atoms with Crippen molar-refractivity contribution in [3.05, 3.63) is 70.6 Å². The van der Waals surface area contributed by atoms with E-state index in [-0.39, 0.29) is 9.80 Å². The zero-order chi connectivity index (χ0) is 16.0. The smallest absolute Gasteiger partial charge is 0.219 e. The fourth-order valence-electron chi connectivity index (χ4n) is 1.80. The SMILES string of the molecule is CSC(Nc1ccccc1)=C(C#N)S(=O)(=O)c1ccccc1. The number of thioether (sulfide) groups is 1. The number of para-hydroxylation sites is 1. The molecule has 0 bridgehead atoms. The molecule has 4 nitrogen and oxygen atoms in total. The molecule has 0 unspecified atom stereocenters. The van der Waals surface area contributed by atoms with Gasteiger partial charge in [0.2, 0.25) is 9.84 Å². The Hall–Kier alpha value is -2.23. The van der Waals surface area contributed by atoms with Crippen molar-refractivity contribution in [3.63, 3.8) is 0 Å². The van der Waals surface area contributed by atoms with E-state index in [1.165, 1.54) is 23.9 Å². The number of rotatable bonds is 5. The van der Waals surface area contributed by atoms with Crippen molar-refractivity contribution < 1.29 is 8.42 Å². The summed E-state index contributed by atoms with van der Waals surface area (Å²) in [5.41, 5.74) is 0.725. The van der Waals surface area contributed by atoms with Crippen molar-refractivity contribution in [3.8, 4) is 6.07 Å². The molecule has 0 atom stereocenters. The molecule has 0 aromatic heterocycles. The van der Waals surface area contributed by atoms with Crippen LogP contribution in [0.1, 0.15) is 0 Å². The van der Waals surface area contributed by atoms with Crippen LogP contribution in [0.3, 0.4) is 0 Å². The van der Waals surface area contributed by atoms with Gasteiger partial charge in [-0.3, -0.25) is 0 Å². The summed E-state index contributed by atoms with van der Waals surface area (Å²) in [6.07, 6.45) is 1.73. The molecule has 0 spiro atoms. The average molecular weight is 330 g/mol. The number of hydrogen-bond donors (Lipinski definition) is 1. The lowest BCUT2D eigenvalue weighted by Crippen LogP contribution is -2.09. The Morgan fingerprint density at radius 1 is 1.05 bits per heavy atom. The van der Waals surface area contributed by atoms with Gasteiger partial charge in [-0.1, -0.05) is 36.4 Å². The van der Waals surface area contributed by atoms with E-state index in [1.807, 2.05) is 24.3 Å². The Bertz CT molecular complexity index is 808. The number of nitrogens with zero attached hydrogens (tertiary/aromatic N) is 1. The highest BCUT2D eigenvalue weighted by Crippen LogP contribution is 2.27. The van der Waals surface area contributed by atoms with E-state index in [2.05, 4.69) is 5.32 Å². The number of nitrogens with one attached hydrogen (secondary N) is 1. The summed E-state index contributed by atoms with van der Waals surface area (Å²) in [5, 5.41) is 12.7. The maximum absolute atomic E-state index is 12.6. The second-order valence-electron chi connectivity index (χ2n) is 4.28. The third kappa shape index (κ3) is 3.50. The van der Waals surface area contributed by atoms with Gasteiger partial charge in [0.15, 0.2) is 4.91 Å². The average Bonchev–Trinajstić information content (AvgIpc) is 2.56. The van der Waals surface area contributed by atoms with Crippen molar-refractivity contribution in [2.75, 3.05) is 11.6 Å². The van der Waals surface area contributed by atoms with Crippen LogP contribution in [-0.2, 0) is 9.84 Å². The van der Waals surface area contributed by atoms with Crippen LogP contribution in [0.15, 0.2) is 75.5 Å². The van der Waals surface area contributed by atoms with Gasteiger partial charge in [0, 0.05) is 5.69 Å². The maximum atomic E-state index is 12.6. The van der Waals surface area contributed by atoms with Crippen LogP contribution in [0.25, 0.3) is 0 Å². The van der Waals surface area contributed by atoms with Crippen LogP contribution in [0.5, 0.6) is 0 Å². The van der Waals surface area contributed by atoms with Gasteiger partial charge < -0.3 is 5.32 Å². The molecule has 0 radical (unpaired) electrons. The van der Waals surface area contributed by atoms with Crippen LogP contribution in [-0.4, -0.2) is 14.7 Å². The second-order valence-corrected chi connectivity index (χ2v) is 6.98. The molecule has 0 saturated carbocycles. The zero-order valence-electron chi connectivity index (χ0n) is 11.9. The lowest BCUT2D eigenvalue weighted by molar-refractivity contribution is 0.603. The van der Waals surface area contributed by atoms with Crippen LogP contribution >= 0.6 is 11.8 Å². The molecule has 6 heteroatoms. The number of sulfone groups is 1. The number of anilines is 1. The van der Waals surface area contributed by atoms with Gasteiger partial charge in [-0.2, -0.15) is 5.26 Å². The van der Waals surface area contributed by atoms with Gasteiger partial charge in [-0.25, -0.2) is 8.42 Å². The largest absolute Gasteiger partial charge is 0.349 e. The summed E-state index contributed by atoms with van der Waals surface area (Å²) in [6, 6.07) is 18.9. The molecule has 0 heterocycles. The van der Waals surface area contributed by atoms with E-state index in [0.717, 1.165) is 5.69 Å². The first-order valence-corrected chi connectivity index (χ1v) is 9.11. The number of benzene rings is 2. The predicted octanol–water partition coefficient (Wildman–Crippen LogP) is 3.63. The van der Waals surface area contributed by atoms with Crippen molar-refractivity contribution in [2.45, 2.75) is 4.90 Å². The van der Waals surface area contributed by atoms with E-state index >= 15 is 0 Å². The van der Waals surface area contributed by atoms with Gasteiger partial charge in [-0.05, 0) is 30.5 Å². The van der Waals surface area contributed by atoms with Crippen molar-refractivity contribution >= 4 is 27.3 Å². The van der Waals surface area contributed by atoms with Crippen LogP contribution < -0.4 is 5.32 Å². The minimum atomic E-state index is -3.85. The normalized spacial score (nSPS) is 12.2. The predicted molar refractivity (Wildman–Crippen MR) is 89.8 cm³/mol. The van der Waals surface area contributed by atoms with Crippen molar-refractivity contribution in [1.82, 2.24) is 0 Å². The van der Waals surface area contributed by atoms with E-state index < -0.39 is 9.84 Å². The molecule has 0 aliphatic rings. The first-order chi connectivity index (χ1) is 10.6. The quantitative estimate of drug-likeness (QED) is 0.848. The van der Waals surface area contributed by atoms with Crippen molar-refractivity contribution in [1.29, 1.82) is 5.26 Å². The Morgan fingerprint density at radius 2 is 1.59 bits per heavy atom. The number of allylic oxidation sites excluding steroid dienone is 1. The molecule has 112 valence electrons. The van der Waals surface area contributed by atoms with E-state index in [4.69, 9.17) is 0 Å². The Morgan fingerprint density at radius 3 is 2.09 bits per heavy atom. The minimum absolute atomic E-state index is 0.105. The minimum Gasteiger partial charge on any atom is -0.349 e. The molecule has 0 aliphatic carbocycles. The highest BCUT2D eigenvalue weighted by Gasteiger charge is 2.24. The lowest BCUT2D eigenvalue weighted by Gasteiger charge is -2.11. The van der Waals surface area contributed by atoms with Crippen LogP contribution in [0, 0.1) is 11.3 Å². The third-order valence-electron chi connectivity index (χ3n) is 2.87. The third-order valence-corrected chi connectivity index (χ3v) is 5.44. The molecular weight excluding hydrogens is 316 g/mol. The topological polar surface area (TPSA) is 70.0 Å². The molecule has 2 aromatic rings. The zero-order valence-corrected chi connectivity index (χ0v) is 13.5. The van der Waals surface area contributed by atoms with Crippen molar-refractivity contribution in [2.24, 2.45) is 0 Å². The molecule has 0 aliphatic heterocycles. The van der Waals surface area contributed by atoms with E-state index in [1.54, 1.807) is 36.6 Å². The fourth-order valence-corrected chi connectivity index (χ4v) is 4.00. The van der Waals surface area contributed by atoms with Gasteiger partial charge >= 0.3 is 0 Å². The highest BCUT2D eigenvalue weighted by molar-refractivity contribution is 8.04. The number of hydrogen-bond acceptors (Lipinski definition) is 5. The molecule has 0 saturated heterocycles. The Kier molecular flexibility index (Phi) is 5.26. The van der Waals surface area contributed by atoms with Gasteiger partial charge in [0.1, 0.15) is 11.1 Å². The summed E-state index contributed by atoms with van der Waals surface area (Å²) in [4.78, 5) is -0.178. The molecular formula is C16H14N2O2S2. The lowest BCUT2D eigenvalue weighted by atomic mass is 10.3. The van der Waals surface area contributed by atoms with E-state index in [9.17, 15) is 13.7 Å². The molecule has 2 rings (SSSR count).